The van der Waals surface area contributed by atoms with Gasteiger partial charge in [0.05, 0.1) is 12.1 Å². The topological polar surface area (TPSA) is 39.1 Å². The Kier molecular flexibility index (Phi) is 12.4. The van der Waals surface area contributed by atoms with Crippen LogP contribution in [0.2, 0.25) is 0 Å². The molecule has 1 atom stereocenters. The fourth-order valence-electron chi connectivity index (χ4n) is 2.10. The first kappa shape index (κ1) is 17.4. The molecule has 0 aromatic rings. The second kappa shape index (κ2) is 12.9. The van der Waals surface area contributed by atoms with Crippen LogP contribution in [0.5, 0.6) is 0 Å². The van der Waals surface area contributed by atoms with Crippen LogP contribution in [-0.2, 0) is 0 Å². The fraction of sp³-hybridized carbons (Fsp3) is 0.933. The first-order valence-corrected chi connectivity index (χ1v) is 7.63. The van der Waals surface area contributed by atoms with Crippen LogP contribution in [0.4, 0.5) is 0 Å². The Morgan fingerprint density at radius 1 is 1.06 bits per heavy atom. The molecular weight excluding hydrogens is 222 g/mol. The number of nitriles is 1. The zero-order chi connectivity index (χ0) is 13.6. The van der Waals surface area contributed by atoms with Crippen LogP contribution in [0.1, 0.15) is 59.3 Å². The zero-order valence-corrected chi connectivity index (χ0v) is 12.5. The van der Waals surface area contributed by atoms with E-state index in [2.05, 4.69) is 37.1 Å². The molecule has 0 rings (SSSR count). The van der Waals surface area contributed by atoms with Gasteiger partial charge in [-0.2, -0.15) is 5.26 Å². The molecule has 1 unspecified atom stereocenters. The Labute approximate surface area is 114 Å². The van der Waals surface area contributed by atoms with Crippen LogP contribution >= 0.6 is 0 Å². The Bertz CT molecular complexity index is 206. The largest absolute Gasteiger partial charge is 0.303 e. The summed E-state index contributed by atoms with van der Waals surface area (Å²) in [6.45, 7) is 10.7. The maximum absolute atomic E-state index is 9.08. The molecule has 0 heterocycles. The molecule has 0 aromatic carbocycles. The minimum atomic E-state index is 0.0437. The highest BCUT2D eigenvalue weighted by Crippen LogP contribution is 2.06. The van der Waals surface area contributed by atoms with Crippen molar-refractivity contribution in [2.75, 3.05) is 26.2 Å². The van der Waals surface area contributed by atoms with Gasteiger partial charge in [0.2, 0.25) is 0 Å². The molecule has 0 aliphatic rings. The maximum Gasteiger partial charge on any atom is 0.0953 e. The zero-order valence-electron chi connectivity index (χ0n) is 12.5. The molecule has 0 spiro atoms. The lowest BCUT2D eigenvalue weighted by Crippen LogP contribution is -2.36. The molecule has 0 radical (unpaired) electrons. The van der Waals surface area contributed by atoms with Gasteiger partial charge in [-0.15, -0.1) is 0 Å². The van der Waals surface area contributed by atoms with Gasteiger partial charge >= 0.3 is 0 Å². The average Bonchev–Trinajstić information content (AvgIpc) is 2.41. The van der Waals surface area contributed by atoms with E-state index in [0.717, 1.165) is 32.6 Å². The molecule has 0 aliphatic carbocycles. The molecule has 3 nitrogen and oxygen atoms in total. The molecule has 1 N–H and O–H groups in total. The monoisotopic (exact) mass is 253 g/mol. The predicted octanol–water partition coefficient (Wildman–Crippen LogP) is 3.17. The molecule has 0 aromatic heterocycles. The van der Waals surface area contributed by atoms with E-state index in [4.69, 9.17) is 5.26 Å². The van der Waals surface area contributed by atoms with Gasteiger partial charge in [-0.1, -0.05) is 52.9 Å². The number of hydrogen-bond donors (Lipinski definition) is 1. The van der Waals surface area contributed by atoms with Crippen LogP contribution in [0, 0.1) is 11.3 Å². The van der Waals surface area contributed by atoms with E-state index >= 15 is 0 Å². The highest BCUT2D eigenvalue weighted by atomic mass is 15.1. The summed E-state index contributed by atoms with van der Waals surface area (Å²) in [6.07, 6.45) is 7.36. The molecular formula is C15H31N3. The van der Waals surface area contributed by atoms with Crippen molar-refractivity contribution in [2.45, 2.75) is 65.3 Å². The van der Waals surface area contributed by atoms with Crippen molar-refractivity contribution in [1.29, 1.82) is 5.26 Å². The Morgan fingerprint density at radius 3 is 2.28 bits per heavy atom. The molecule has 0 bridgehead atoms. The van der Waals surface area contributed by atoms with E-state index in [9.17, 15) is 0 Å². The summed E-state index contributed by atoms with van der Waals surface area (Å²) in [4.78, 5) is 2.38. The smallest absolute Gasteiger partial charge is 0.0953 e. The first-order valence-electron chi connectivity index (χ1n) is 7.63. The summed E-state index contributed by atoms with van der Waals surface area (Å²) < 4.78 is 0. The lowest BCUT2D eigenvalue weighted by Gasteiger charge is -2.19. The van der Waals surface area contributed by atoms with Crippen LogP contribution in [0.25, 0.3) is 0 Å². The number of nitrogens with one attached hydrogen (secondary N) is 1. The van der Waals surface area contributed by atoms with Gasteiger partial charge in [0, 0.05) is 13.1 Å². The van der Waals surface area contributed by atoms with Crippen LogP contribution in [0.15, 0.2) is 0 Å². The van der Waals surface area contributed by atoms with Gasteiger partial charge < -0.3 is 10.2 Å². The van der Waals surface area contributed by atoms with E-state index < -0.39 is 0 Å². The minimum absolute atomic E-state index is 0.0437. The third-order valence-electron chi connectivity index (χ3n) is 3.47. The molecule has 3 heteroatoms. The van der Waals surface area contributed by atoms with Crippen molar-refractivity contribution >= 4 is 0 Å². The van der Waals surface area contributed by atoms with Gasteiger partial charge in [0.15, 0.2) is 0 Å². The normalized spacial score (nSPS) is 12.6. The second-order valence-electron chi connectivity index (χ2n) is 4.87. The average molecular weight is 253 g/mol. The van der Waals surface area contributed by atoms with Crippen molar-refractivity contribution in [3.63, 3.8) is 0 Å². The summed E-state index contributed by atoms with van der Waals surface area (Å²) >= 11 is 0. The van der Waals surface area contributed by atoms with Crippen molar-refractivity contribution in [3.05, 3.63) is 0 Å². The predicted molar refractivity (Wildman–Crippen MR) is 78.6 cm³/mol. The molecule has 0 fully saturated rings. The van der Waals surface area contributed by atoms with Crippen LogP contribution in [0.3, 0.4) is 0 Å². The SMILES string of the molecule is CCCCCCCC(C#N)NCCN(CC)CC. The van der Waals surface area contributed by atoms with E-state index in [0.29, 0.717) is 0 Å². The maximum atomic E-state index is 9.08. The van der Waals surface area contributed by atoms with Gasteiger partial charge in [0.25, 0.3) is 0 Å². The fourth-order valence-corrected chi connectivity index (χ4v) is 2.10. The van der Waals surface area contributed by atoms with E-state index in [1.807, 2.05) is 0 Å². The van der Waals surface area contributed by atoms with Crippen molar-refractivity contribution < 1.29 is 0 Å². The first-order chi connectivity index (χ1) is 8.78. The Balaban J connectivity index is 3.55. The van der Waals surface area contributed by atoms with Gasteiger partial charge in [-0.05, 0) is 19.5 Å². The van der Waals surface area contributed by atoms with Gasteiger partial charge in [-0.25, -0.2) is 0 Å². The summed E-state index contributed by atoms with van der Waals surface area (Å²) in [6, 6.07) is 2.42. The van der Waals surface area contributed by atoms with Gasteiger partial charge in [-0.3, -0.25) is 0 Å². The summed E-state index contributed by atoms with van der Waals surface area (Å²) in [5, 5.41) is 12.4. The summed E-state index contributed by atoms with van der Waals surface area (Å²) in [7, 11) is 0. The summed E-state index contributed by atoms with van der Waals surface area (Å²) in [5.74, 6) is 0. The number of likely N-dealkylation sites (N-methyl/N-ethyl adjacent to an activating group) is 1. The van der Waals surface area contributed by atoms with E-state index in [1.54, 1.807) is 0 Å². The van der Waals surface area contributed by atoms with E-state index in [1.165, 1.54) is 32.1 Å². The number of unbranched alkanes of at least 4 members (excludes halogenated alkanes) is 4. The number of hydrogen-bond acceptors (Lipinski definition) is 3. The second-order valence-corrected chi connectivity index (χ2v) is 4.87. The third-order valence-corrected chi connectivity index (χ3v) is 3.47. The molecule has 0 amide bonds. The number of rotatable bonds is 12. The molecule has 0 saturated heterocycles. The third kappa shape index (κ3) is 9.44. The standard InChI is InChI=1S/C15H31N3/c1-4-7-8-9-10-11-15(14-16)17-12-13-18(5-2)6-3/h15,17H,4-13H2,1-3H3. The molecule has 0 saturated carbocycles. The molecule has 0 aliphatic heterocycles. The molecule has 106 valence electrons. The van der Waals surface area contributed by atoms with Crippen LogP contribution in [-0.4, -0.2) is 37.1 Å². The van der Waals surface area contributed by atoms with E-state index in [-0.39, 0.29) is 6.04 Å². The highest BCUT2D eigenvalue weighted by molar-refractivity contribution is 4.89. The Morgan fingerprint density at radius 2 is 1.72 bits per heavy atom. The van der Waals surface area contributed by atoms with Gasteiger partial charge in [0.1, 0.15) is 0 Å². The molecule has 18 heavy (non-hydrogen) atoms. The lowest BCUT2D eigenvalue weighted by atomic mass is 10.1. The van der Waals surface area contributed by atoms with Crippen molar-refractivity contribution in [1.82, 2.24) is 10.2 Å². The Hall–Kier alpha value is -0.590. The lowest BCUT2D eigenvalue weighted by molar-refractivity contribution is 0.298. The van der Waals surface area contributed by atoms with Crippen molar-refractivity contribution in [3.8, 4) is 6.07 Å². The minimum Gasteiger partial charge on any atom is -0.303 e. The summed E-state index contributed by atoms with van der Waals surface area (Å²) in [5.41, 5.74) is 0. The number of nitrogens with zero attached hydrogens (tertiary/aromatic N) is 2. The van der Waals surface area contributed by atoms with Crippen molar-refractivity contribution in [2.24, 2.45) is 0 Å². The van der Waals surface area contributed by atoms with Crippen LogP contribution < -0.4 is 5.32 Å². The highest BCUT2D eigenvalue weighted by Gasteiger charge is 2.06. The quantitative estimate of drug-likeness (QED) is 0.543.